The van der Waals surface area contributed by atoms with Crippen LogP contribution < -0.4 is 10.6 Å². The highest BCUT2D eigenvalue weighted by Crippen LogP contribution is 2.08. The number of hydrogen-bond donors (Lipinski definition) is 2. The quantitative estimate of drug-likeness (QED) is 0.780. The van der Waals surface area contributed by atoms with Gasteiger partial charge in [0.15, 0.2) is 0 Å². The fourth-order valence-electron chi connectivity index (χ4n) is 2.16. The third-order valence-corrected chi connectivity index (χ3v) is 4.13. The van der Waals surface area contributed by atoms with Gasteiger partial charge >= 0.3 is 0 Å². The van der Waals surface area contributed by atoms with Crippen molar-refractivity contribution in [1.82, 2.24) is 20.4 Å². The SMILES string of the molecule is C[C@@H](Cn1cccn1)N[C@H](C)C(=O)NCCc1cccs1. The zero-order valence-corrected chi connectivity index (χ0v) is 13.3. The molecule has 0 radical (unpaired) electrons. The molecule has 0 bridgehead atoms. The molecule has 0 fully saturated rings. The lowest BCUT2D eigenvalue weighted by molar-refractivity contribution is -0.122. The first-order valence-corrected chi connectivity index (χ1v) is 8.06. The van der Waals surface area contributed by atoms with Crippen LogP contribution in [0.5, 0.6) is 0 Å². The van der Waals surface area contributed by atoms with Crippen molar-refractivity contribution in [1.29, 1.82) is 0 Å². The average Bonchev–Trinajstić information content (AvgIpc) is 3.11. The van der Waals surface area contributed by atoms with Gasteiger partial charge in [-0.2, -0.15) is 5.10 Å². The van der Waals surface area contributed by atoms with E-state index in [4.69, 9.17) is 0 Å². The molecule has 5 nitrogen and oxygen atoms in total. The Morgan fingerprint density at radius 3 is 2.95 bits per heavy atom. The highest BCUT2D eigenvalue weighted by atomic mass is 32.1. The molecule has 1 amide bonds. The smallest absolute Gasteiger partial charge is 0.236 e. The topological polar surface area (TPSA) is 59.0 Å². The van der Waals surface area contributed by atoms with Crippen LogP contribution >= 0.6 is 11.3 Å². The lowest BCUT2D eigenvalue weighted by Crippen LogP contribution is -2.47. The molecule has 2 heterocycles. The minimum Gasteiger partial charge on any atom is -0.354 e. The van der Waals surface area contributed by atoms with Gasteiger partial charge in [0.1, 0.15) is 0 Å². The fraction of sp³-hybridized carbons (Fsp3) is 0.467. The summed E-state index contributed by atoms with van der Waals surface area (Å²) in [5, 5.41) is 12.5. The van der Waals surface area contributed by atoms with Crippen molar-refractivity contribution in [3.8, 4) is 0 Å². The lowest BCUT2D eigenvalue weighted by atomic mass is 10.2. The van der Waals surface area contributed by atoms with Crippen LogP contribution in [0.1, 0.15) is 18.7 Å². The van der Waals surface area contributed by atoms with Crippen LogP contribution in [0.15, 0.2) is 36.0 Å². The maximum atomic E-state index is 12.0. The maximum absolute atomic E-state index is 12.0. The first-order valence-electron chi connectivity index (χ1n) is 7.18. The zero-order valence-electron chi connectivity index (χ0n) is 12.5. The third-order valence-electron chi connectivity index (χ3n) is 3.20. The van der Waals surface area contributed by atoms with E-state index < -0.39 is 0 Å². The predicted octanol–water partition coefficient (Wildman–Crippen LogP) is 1.67. The number of carbonyl (C=O) groups is 1. The molecular weight excluding hydrogens is 284 g/mol. The number of rotatable bonds is 8. The van der Waals surface area contributed by atoms with E-state index in [2.05, 4.69) is 34.1 Å². The van der Waals surface area contributed by atoms with E-state index in [1.54, 1.807) is 17.5 Å². The number of amides is 1. The molecule has 114 valence electrons. The number of nitrogens with zero attached hydrogens (tertiary/aromatic N) is 2. The summed E-state index contributed by atoms with van der Waals surface area (Å²) in [4.78, 5) is 13.3. The lowest BCUT2D eigenvalue weighted by Gasteiger charge is -2.19. The molecule has 2 aromatic rings. The van der Waals surface area contributed by atoms with Gasteiger partial charge in [-0.3, -0.25) is 9.48 Å². The highest BCUT2D eigenvalue weighted by molar-refractivity contribution is 7.09. The highest BCUT2D eigenvalue weighted by Gasteiger charge is 2.15. The van der Waals surface area contributed by atoms with Crippen molar-refractivity contribution >= 4 is 17.2 Å². The zero-order chi connectivity index (χ0) is 15.1. The van der Waals surface area contributed by atoms with E-state index in [1.165, 1.54) is 4.88 Å². The Bertz CT molecular complexity index is 524. The molecule has 0 spiro atoms. The van der Waals surface area contributed by atoms with Crippen LogP contribution in [0.2, 0.25) is 0 Å². The average molecular weight is 306 g/mol. The van der Waals surface area contributed by atoms with Gasteiger partial charge in [0.25, 0.3) is 0 Å². The van der Waals surface area contributed by atoms with Crippen LogP contribution in [0.25, 0.3) is 0 Å². The number of aromatic nitrogens is 2. The molecule has 0 saturated carbocycles. The second-order valence-corrected chi connectivity index (χ2v) is 6.17. The van der Waals surface area contributed by atoms with Gasteiger partial charge in [-0.15, -0.1) is 11.3 Å². The molecule has 6 heteroatoms. The van der Waals surface area contributed by atoms with E-state index in [1.807, 2.05) is 29.9 Å². The Hall–Kier alpha value is -1.66. The normalized spacial score (nSPS) is 13.8. The summed E-state index contributed by atoms with van der Waals surface area (Å²) >= 11 is 1.72. The molecular formula is C15H22N4OS. The second-order valence-electron chi connectivity index (χ2n) is 5.14. The summed E-state index contributed by atoms with van der Waals surface area (Å²) in [6, 6.07) is 5.99. The van der Waals surface area contributed by atoms with Crippen molar-refractivity contribution in [2.45, 2.75) is 38.9 Å². The molecule has 21 heavy (non-hydrogen) atoms. The Balaban J connectivity index is 1.66. The van der Waals surface area contributed by atoms with Crippen molar-refractivity contribution < 1.29 is 4.79 Å². The van der Waals surface area contributed by atoms with Crippen LogP contribution in [0.3, 0.4) is 0 Å². The van der Waals surface area contributed by atoms with E-state index in [-0.39, 0.29) is 18.0 Å². The minimum absolute atomic E-state index is 0.0406. The molecule has 0 aromatic carbocycles. The Labute approximate surface area is 129 Å². The van der Waals surface area contributed by atoms with E-state index in [9.17, 15) is 4.79 Å². The first-order chi connectivity index (χ1) is 10.1. The van der Waals surface area contributed by atoms with Gasteiger partial charge in [-0.25, -0.2) is 0 Å². The number of nitrogens with one attached hydrogen (secondary N) is 2. The van der Waals surface area contributed by atoms with Gasteiger partial charge in [-0.05, 0) is 37.8 Å². The van der Waals surface area contributed by atoms with Crippen LogP contribution in [0.4, 0.5) is 0 Å². The van der Waals surface area contributed by atoms with Crippen LogP contribution in [-0.4, -0.2) is 34.3 Å². The molecule has 2 N–H and O–H groups in total. The molecule has 0 unspecified atom stereocenters. The Kier molecular flexibility index (Phi) is 5.95. The first kappa shape index (κ1) is 15.7. The summed E-state index contributed by atoms with van der Waals surface area (Å²) in [6.07, 6.45) is 4.57. The Morgan fingerprint density at radius 1 is 1.43 bits per heavy atom. The molecule has 2 rings (SSSR count). The summed E-state index contributed by atoms with van der Waals surface area (Å²) in [5.41, 5.74) is 0. The van der Waals surface area contributed by atoms with Crippen molar-refractivity contribution in [3.05, 3.63) is 40.8 Å². The fourth-order valence-corrected chi connectivity index (χ4v) is 2.87. The number of thiophene rings is 1. The number of carbonyl (C=O) groups excluding carboxylic acids is 1. The van der Waals surface area contributed by atoms with Crippen molar-refractivity contribution in [2.75, 3.05) is 6.54 Å². The maximum Gasteiger partial charge on any atom is 0.236 e. The van der Waals surface area contributed by atoms with Gasteiger partial charge in [0.05, 0.1) is 12.6 Å². The molecule has 0 aliphatic heterocycles. The van der Waals surface area contributed by atoms with Crippen molar-refractivity contribution in [3.63, 3.8) is 0 Å². The standard InChI is InChI=1S/C15H22N4OS/c1-12(11-19-9-4-7-17-19)18-13(2)15(20)16-8-6-14-5-3-10-21-14/h3-5,7,9-10,12-13,18H,6,8,11H2,1-2H3,(H,16,20)/t12-,13+/m0/s1. The minimum atomic E-state index is -0.209. The molecule has 0 aliphatic rings. The second kappa shape index (κ2) is 7.95. The van der Waals surface area contributed by atoms with E-state index in [0.29, 0.717) is 6.54 Å². The third kappa shape index (κ3) is 5.32. The van der Waals surface area contributed by atoms with Gasteiger partial charge < -0.3 is 10.6 Å². The predicted molar refractivity (Wildman–Crippen MR) is 85.3 cm³/mol. The molecule has 0 aliphatic carbocycles. The van der Waals surface area contributed by atoms with E-state index >= 15 is 0 Å². The molecule has 2 atom stereocenters. The summed E-state index contributed by atoms with van der Waals surface area (Å²) in [6.45, 7) is 5.37. The summed E-state index contributed by atoms with van der Waals surface area (Å²) < 4.78 is 1.86. The molecule has 2 aromatic heterocycles. The van der Waals surface area contributed by atoms with Crippen LogP contribution in [0, 0.1) is 0 Å². The number of hydrogen-bond acceptors (Lipinski definition) is 4. The largest absolute Gasteiger partial charge is 0.354 e. The monoisotopic (exact) mass is 306 g/mol. The summed E-state index contributed by atoms with van der Waals surface area (Å²) in [5.74, 6) is 0.0406. The van der Waals surface area contributed by atoms with Crippen molar-refractivity contribution in [2.24, 2.45) is 0 Å². The molecule has 0 saturated heterocycles. The van der Waals surface area contributed by atoms with E-state index in [0.717, 1.165) is 13.0 Å². The van der Waals surface area contributed by atoms with Crippen LogP contribution in [-0.2, 0) is 17.8 Å². The van der Waals surface area contributed by atoms with Gasteiger partial charge in [0.2, 0.25) is 5.91 Å². The van der Waals surface area contributed by atoms with Gasteiger partial charge in [0, 0.05) is 29.9 Å². The summed E-state index contributed by atoms with van der Waals surface area (Å²) in [7, 11) is 0. The van der Waals surface area contributed by atoms with Gasteiger partial charge in [-0.1, -0.05) is 6.07 Å². The Morgan fingerprint density at radius 2 is 2.29 bits per heavy atom.